The standard InChI is InChI=1S/C13H12O5/c14-4-9-6-16-13(10(9)5-15)8-1-2-11-12(3-8)18-7-17-11/h1-3,6,14-15H,4-5,7H2. The van der Waals surface area contributed by atoms with Crippen LogP contribution in [0.2, 0.25) is 0 Å². The van der Waals surface area contributed by atoms with Crippen molar-refractivity contribution in [1.82, 2.24) is 0 Å². The third-order valence-corrected chi connectivity index (χ3v) is 2.94. The van der Waals surface area contributed by atoms with Crippen LogP contribution in [0.4, 0.5) is 0 Å². The summed E-state index contributed by atoms with van der Waals surface area (Å²) in [6.45, 7) is -0.133. The number of aliphatic hydroxyl groups excluding tert-OH is 2. The first-order valence-electron chi connectivity index (χ1n) is 5.54. The summed E-state index contributed by atoms with van der Waals surface area (Å²) in [6, 6.07) is 5.41. The number of benzene rings is 1. The van der Waals surface area contributed by atoms with Crippen molar-refractivity contribution in [1.29, 1.82) is 0 Å². The van der Waals surface area contributed by atoms with Crippen molar-refractivity contribution in [2.75, 3.05) is 6.79 Å². The Balaban J connectivity index is 2.07. The minimum Gasteiger partial charge on any atom is -0.464 e. The van der Waals surface area contributed by atoms with Crippen LogP contribution in [-0.2, 0) is 13.2 Å². The van der Waals surface area contributed by atoms with Crippen LogP contribution < -0.4 is 9.47 Å². The molecule has 1 aromatic carbocycles. The minimum absolute atomic E-state index is 0.163. The van der Waals surface area contributed by atoms with Crippen molar-refractivity contribution in [3.8, 4) is 22.8 Å². The molecule has 1 aromatic heterocycles. The van der Waals surface area contributed by atoms with E-state index in [0.29, 0.717) is 28.4 Å². The summed E-state index contributed by atoms with van der Waals surface area (Å²) in [7, 11) is 0. The Kier molecular flexibility index (Phi) is 2.70. The first-order chi connectivity index (χ1) is 8.83. The van der Waals surface area contributed by atoms with Crippen LogP contribution in [-0.4, -0.2) is 17.0 Å². The van der Waals surface area contributed by atoms with Gasteiger partial charge in [0.2, 0.25) is 6.79 Å². The van der Waals surface area contributed by atoms with Gasteiger partial charge in [-0.1, -0.05) is 0 Å². The predicted molar refractivity (Wildman–Crippen MR) is 62.1 cm³/mol. The van der Waals surface area contributed by atoms with Gasteiger partial charge in [0, 0.05) is 16.7 Å². The summed E-state index contributed by atoms with van der Waals surface area (Å²) in [5.41, 5.74) is 1.96. The molecule has 0 bridgehead atoms. The molecule has 0 saturated carbocycles. The molecule has 3 rings (SSSR count). The lowest BCUT2D eigenvalue weighted by Crippen LogP contribution is -1.93. The SMILES string of the molecule is OCc1coc(-c2ccc3c(c2)OCO3)c1CO. The van der Waals surface area contributed by atoms with E-state index in [9.17, 15) is 5.11 Å². The fraction of sp³-hybridized carbons (Fsp3) is 0.231. The Morgan fingerprint density at radius 1 is 1.06 bits per heavy atom. The van der Waals surface area contributed by atoms with Gasteiger partial charge in [0.05, 0.1) is 19.5 Å². The highest BCUT2D eigenvalue weighted by Crippen LogP contribution is 2.37. The third kappa shape index (κ3) is 1.64. The average Bonchev–Trinajstić information content (AvgIpc) is 3.03. The zero-order chi connectivity index (χ0) is 12.5. The Morgan fingerprint density at radius 3 is 2.67 bits per heavy atom. The fourth-order valence-electron chi connectivity index (χ4n) is 2.00. The van der Waals surface area contributed by atoms with Crippen LogP contribution in [0.1, 0.15) is 11.1 Å². The Morgan fingerprint density at radius 2 is 1.89 bits per heavy atom. The summed E-state index contributed by atoms with van der Waals surface area (Å²) in [4.78, 5) is 0. The van der Waals surface area contributed by atoms with Gasteiger partial charge >= 0.3 is 0 Å². The van der Waals surface area contributed by atoms with E-state index in [4.69, 9.17) is 19.0 Å². The molecule has 5 heteroatoms. The van der Waals surface area contributed by atoms with Gasteiger partial charge in [0.25, 0.3) is 0 Å². The second-order valence-corrected chi connectivity index (χ2v) is 3.95. The van der Waals surface area contributed by atoms with E-state index < -0.39 is 0 Å². The van der Waals surface area contributed by atoms with Gasteiger partial charge in [-0.2, -0.15) is 0 Å². The zero-order valence-corrected chi connectivity index (χ0v) is 9.55. The monoisotopic (exact) mass is 248 g/mol. The number of fused-ring (bicyclic) bond motifs is 1. The molecule has 0 aliphatic carbocycles. The van der Waals surface area contributed by atoms with E-state index in [0.717, 1.165) is 5.56 Å². The number of hydrogen-bond donors (Lipinski definition) is 2. The van der Waals surface area contributed by atoms with E-state index in [-0.39, 0.29) is 20.0 Å². The van der Waals surface area contributed by atoms with Gasteiger partial charge in [-0.3, -0.25) is 0 Å². The largest absolute Gasteiger partial charge is 0.464 e. The quantitative estimate of drug-likeness (QED) is 0.864. The lowest BCUT2D eigenvalue weighted by Gasteiger charge is -2.03. The van der Waals surface area contributed by atoms with Crippen LogP contribution in [0.25, 0.3) is 11.3 Å². The zero-order valence-electron chi connectivity index (χ0n) is 9.55. The molecule has 1 aliphatic heterocycles. The summed E-state index contributed by atoms with van der Waals surface area (Å²) in [5, 5.41) is 18.5. The maximum absolute atomic E-state index is 9.35. The molecule has 0 fully saturated rings. The second-order valence-electron chi connectivity index (χ2n) is 3.95. The summed E-state index contributed by atoms with van der Waals surface area (Å²) in [5.74, 6) is 1.89. The second kappa shape index (κ2) is 4.36. The fourth-order valence-corrected chi connectivity index (χ4v) is 2.00. The lowest BCUT2D eigenvalue weighted by atomic mass is 10.1. The van der Waals surface area contributed by atoms with Gasteiger partial charge in [-0.15, -0.1) is 0 Å². The van der Waals surface area contributed by atoms with Gasteiger partial charge < -0.3 is 24.1 Å². The molecule has 0 spiro atoms. The number of rotatable bonds is 3. The molecule has 0 saturated heterocycles. The van der Waals surface area contributed by atoms with E-state index in [2.05, 4.69) is 0 Å². The summed E-state index contributed by atoms with van der Waals surface area (Å²) >= 11 is 0. The van der Waals surface area contributed by atoms with Gasteiger partial charge in [0.1, 0.15) is 5.76 Å². The number of hydrogen-bond acceptors (Lipinski definition) is 5. The van der Waals surface area contributed by atoms with Crippen LogP contribution >= 0.6 is 0 Å². The molecule has 2 heterocycles. The molecule has 0 unspecified atom stereocenters. The highest BCUT2D eigenvalue weighted by molar-refractivity contribution is 5.67. The van der Waals surface area contributed by atoms with Crippen molar-refractivity contribution in [2.45, 2.75) is 13.2 Å². The van der Waals surface area contributed by atoms with Gasteiger partial charge in [-0.25, -0.2) is 0 Å². The molecule has 2 N–H and O–H groups in total. The third-order valence-electron chi connectivity index (χ3n) is 2.94. The molecule has 1 aliphatic rings. The molecule has 0 radical (unpaired) electrons. The number of furan rings is 1. The molecular formula is C13H12O5. The van der Waals surface area contributed by atoms with Crippen LogP contribution in [0.3, 0.4) is 0 Å². The minimum atomic E-state index is -0.184. The Labute approximate surface area is 103 Å². The highest BCUT2D eigenvalue weighted by atomic mass is 16.7. The number of ether oxygens (including phenoxy) is 2. The van der Waals surface area contributed by atoms with E-state index in [1.165, 1.54) is 6.26 Å². The van der Waals surface area contributed by atoms with Crippen molar-refractivity contribution < 1.29 is 24.1 Å². The first-order valence-corrected chi connectivity index (χ1v) is 5.54. The van der Waals surface area contributed by atoms with Crippen molar-refractivity contribution in [2.24, 2.45) is 0 Å². The Bertz CT molecular complexity index is 573. The van der Waals surface area contributed by atoms with Gasteiger partial charge in [-0.05, 0) is 18.2 Å². The summed E-state index contributed by atoms with van der Waals surface area (Å²) < 4.78 is 15.9. The summed E-state index contributed by atoms with van der Waals surface area (Å²) in [6.07, 6.45) is 1.45. The molecule has 5 nitrogen and oxygen atoms in total. The highest BCUT2D eigenvalue weighted by Gasteiger charge is 2.18. The average molecular weight is 248 g/mol. The van der Waals surface area contributed by atoms with Crippen LogP contribution in [0, 0.1) is 0 Å². The molecular weight excluding hydrogens is 236 g/mol. The maximum Gasteiger partial charge on any atom is 0.231 e. The topological polar surface area (TPSA) is 72.1 Å². The van der Waals surface area contributed by atoms with Crippen molar-refractivity contribution >= 4 is 0 Å². The van der Waals surface area contributed by atoms with Crippen molar-refractivity contribution in [3.63, 3.8) is 0 Å². The number of aliphatic hydroxyl groups is 2. The van der Waals surface area contributed by atoms with Gasteiger partial charge in [0.15, 0.2) is 11.5 Å². The van der Waals surface area contributed by atoms with E-state index in [1.54, 1.807) is 12.1 Å². The molecule has 18 heavy (non-hydrogen) atoms. The van der Waals surface area contributed by atoms with E-state index in [1.807, 2.05) is 6.07 Å². The predicted octanol–water partition coefficient (Wildman–Crippen LogP) is 1.66. The Hall–Kier alpha value is -1.98. The molecule has 0 atom stereocenters. The normalized spacial score (nSPS) is 13.0. The maximum atomic E-state index is 9.35. The molecule has 94 valence electrons. The van der Waals surface area contributed by atoms with Crippen LogP contribution in [0.5, 0.6) is 11.5 Å². The molecule has 2 aromatic rings. The first kappa shape index (κ1) is 11.1. The lowest BCUT2D eigenvalue weighted by molar-refractivity contribution is 0.174. The van der Waals surface area contributed by atoms with E-state index >= 15 is 0 Å². The van der Waals surface area contributed by atoms with Crippen LogP contribution in [0.15, 0.2) is 28.9 Å². The van der Waals surface area contributed by atoms with Crippen molar-refractivity contribution in [3.05, 3.63) is 35.6 Å². The smallest absolute Gasteiger partial charge is 0.231 e. The molecule has 0 amide bonds.